The second kappa shape index (κ2) is 9.37. The minimum Gasteiger partial charge on any atom is -0.496 e. The first-order chi connectivity index (χ1) is 13.6. The number of hydrogen-bond donors (Lipinski definition) is 1. The fraction of sp³-hybridized carbons (Fsp3) is 0.364. The molecule has 6 nitrogen and oxygen atoms in total. The Morgan fingerprint density at radius 1 is 1.21 bits per heavy atom. The molecule has 0 atom stereocenters. The number of anilines is 1. The van der Waals surface area contributed by atoms with Gasteiger partial charge in [-0.2, -0.15) is 5.10 Å². The van der Waals surface area contributed by atoms with Crippen molar-refractivity contribution in [1.82, 2.24) is 5.43 Å². The lowest BCUT2D eigenvalue weighted by Crippen LogP contribution is -2.38. The summed E-state index contributed by atoms with van der Waals surface area (Å²) in [5, 5.41) is 4.28. The van der Waals surface area contributed by atoms with Crippen LogP contribution in [-0.2, 0) is 22.6 Å². The first kappa shape index (κ1) is 19.9. The number of fused-ring (bicyclic) bond motifs is 1. The van der Waals surface area contributed by atoms with E-state index in [0.29, 0.717) is 13.2 Å². The summed E-state index contributed by atoms with van der Waals surface area (Å²) in [6, 6.07) is 14.0. The number of carbonyl (C=O) groups excluding carboxylic acids is 1. The molecule has 1 amide bonds. The summed E-state index contributed by atoms with van der Waals surface area (Å²) in [5.41, 5.74) is 7.70. The molecule has 0 fully saturated rings. The van der Waals surface area contributed by atoms with Crippen molar-refractivity contribution in [2.24, 2.45) is 5.10 Å². The topological polar surface area (TPSA) is 63.2 Å². The Labute approximate surface area is 166 Å². The van der Waals surface area contributed by atoms with Crippen molar-refractivity contribution >= 4 is 17.3 Å². The zero-order valence-corrected chi connectivity index (χ0v) is 16.7. The Kier molecular flexibility index (Phi) is 6.66. The molecule has 2 aromatic carbocycles. The number of nitrogens with zero attached hydrogens (tertiary/aromatic N) is 2. The summed E-state index contributed by atoms with van der Waals surface area (Å²) in [6.45, 7) is 3.50. The number of hydrazone groups is 1. The van der Waals surface area contributed by atoms with E-state index in [-0.39, 0.29) is 5.91 Å². The van der Waals surface area contributed by atoms with Crippen LogP contribution in [0.4, 0.5) is 5.69 Å². The average Bonchev–Trinajstić information content (AvgIpc) is 2.72. The summed E-state index contributed by atoms with van der Waals surface area (Å²) in [7, 11) is 3.28. The van der Waals surface area contributed by atoms with E-state index in [0.717, 1.165) is 47.7 Å². The number of aryl methyl sites for hydroxylation is 1. The van der Waals surface area contributed by atoms with Gasteiger partial charge in [0.25, 0.3) is 5.91 Å². The van der Waals surface area contributed by atoms with Crippen molar-refractivity contribution in [3.8, 4) is 5.75 Å². The molecular formula is C22H27N3O3. The van der Waals surface area contributed by atoms with Gasteiger partial charge in [-0.1, -0.05) is 18.2 Å². The van der Waals surface area contributed by atoms with Crippen LogP contribution in [0.2, 0.25) is 0 Å². The summed E-state index contributed by atoms with van der Waals surface area (Å²) < 4.78 is 10.6. The highest BCUT2D eigenvalue weighted by molar-refractivity contribution is 5.99. The maximum atomic E-state index is 12.4. The average molecular weight is 381 g/mol. The van der Waals surface area contributed by atoms with Crippen molar-refractivity contribution < 1.29 is 14.3 Å². The maximum absolute atomic E-state index is 12.4. The number of carbonyl (C=O) groups is 1. The van der Waals surface area contributed by atoms with Crippen molar-refractivity contribution in [2.45, 2.75) is 26.4 Å². The standard InChI is InChI=1S/C22H27N3O3/c1-16(18-10-11-21(28-3)19(13-18)15-27-2)23-24-22(26)14-25-12-6-8-17-7-4-5-9-20(17)25/h4-5,7,9-11,13H,6,8,12,14-15H2,1-3H3,(H,24,26)/b23-16-. The van der Waals surface area contributed by atoms with Gasteiger partial charge in [-0.25, -0.2) is 5.43 Å². The normalized spacial score (nSPS) is 13.8. The Morgan fingerprint density at radius 3 is 2.82 bits per heavy atom. The number of nitrogens with one attached hydrogen (secondary N) is 1. The number of ether oxygens (including phenoxy) is 2. The first-order valence-corrected chi connectivity index (χ1v) is 9.44. The largest absolute Gasteiger partial charge is 0.496 e. The molecule has 0 bridgehead atoms. The number of methoxy groups -OCH3 is 2. The third-order valence-electron chi connectivity index (χ3n) is 4.89. The molecule has 148 valence electrons. The third-order valence-corrected chi connectivity index (χ3v) is 4.89. The monoisotopic (exact) mass is 381 g/mol. The SMILES string of the molecule is COCc1cc(/C(C)=N\NC(=O)CN2CCCc3ccccc32)ccc1OC. The van der Waals surface area contributed by atoms with E-state index in [2.05, 4.69) is 27.6 Å². The zero-order chi connectivity index (χ0) is 19.9. The van der Waals surface area contributed by atoms with Crippen molar-refractivity contribution in [2.75, 3.05) is 32.2 Å². The minimum atomic E-state index is -0.123. The molecule has 1 aliphatic rings. The van der Waals surface area contributed by atoms with E-state index in [1.54, 1.807) is 14.2 Å². The van der Waals surface area contributed by atoms with E-state index >= 15 is 0 Å². The highest BCUT2D eigenvalue weighted by atomic mass is 16.5. The zero-order valence-electron chi connectivity index (χ0n) is 16.7. The lowest BCUT2D eigenvalue weighted by atomic mass is 10.0. The van der Waals surface area contributed by atoms with Crippen molar-refractivity contribution in [3.63, 3.8) is 0 Å². The molecule has 0 unspecified atom stereocenters. The molecule has 3 rings (SSSR count). The lowest BCUT2D eigenvalue weighted by Gasteiger charge is -2.30. The Balaban J connectivity index is 1.65. The van der Waals surface area contributed by atoms with Crippen LogP contribution in [-0.4, -0.2) is 38.9 Å². The number of amides is 1. The van der Waals surface area contributed by atoms with E-state index in [9.17, 15) is 4.79 Å². The summed E-state index contributed by atoms with van der Waals surface area (Å²) in [4.78, 5) is 14.5. The highest BCUT2D eigenvalue weighted by Gasteiger charge is 2.18. The van der Waals surface area contributed by atoms with Gasteiger partial charge in [-0.15, -0.1) is 0 Å². The van der Waals surface area contributed by atoms with Crippen LogP contribution in [0.3, 0.4) is 0 Å². The molecule has 1 N–H and O–H groups in total. The van der Waals surface area contributed by atoms with E-state index in [1.807, 2.05) is 37.3 Å². The Bertz CT molecular complexity index is 864. The van der Waals surface area contributed by atoms with Gasteiger partial charge < -0.3 is 14.4 Å². The second-order valence-electron chi connectivity index (χ2n) is 6.85. The molecule has 0 saturated heterocycles. The Hall–Kier alpha value is -2.86. The molecule has 1 aliphatic heterocycles. The van der Waals surface area contributed by atoms with Gasteiger partial charge in [0, 0.05) is 24.9 Å². The third kappa shape index (κ3) is 4.70. The molecule has 0 spiro atoms. The number of hydrogen-bond acceptors (Lipinski definition) is 5. The van der Waals surface area contributed by atoms with Crippen LogP contribution in [0.25, 0.3) is 0 Å². The molecule has 0 radical (unpaired) electrons. The lowest BCUT2D eigenvalue weighted by molar-refractivity contribution is -0.119. The smallest absolute Gasteiger partial charge is 0.259 e. The van der Waals surface area contributed by atoms with Crippen molar-refractivity contribution in [3.05, 3.63) is 59.2 Å². The van der Waals surface area contributed by atoms with Crippen LogP contribution >= 0.6 is 0 Å². The summed E-state index contributed by atoms with van der Waals surface area (Å²) >= 11 is 0. The predicted octanol–water partition coefficient (Wildman–Crippen LogP) is 3.13. The van der Waals surface area contributed by atoms with Crippen LogP contribution < -0.4 is 15.1 Å². The minimum absolute atomic E-state index is 0.123. The van der Waals surface area contributed by atoms with Gasteiger partial charge in [0.15, 0.2) is 0 Å². The van der Waals surface area contributed by atoms with Gasteiger partial charge >= 0.3 is 0 Å². The molecule has 28 heavy (non-hydrogen) atoms. The molecule has 0 aliphatic carbocycles. The van der Waals surface area contributed by atoms with Crippen molar-refractivity contribution in [1.29, 1.82) is 0 Å². The molecule has 0 saturated carbocycles. The van der Waals surface area contributed by atoms with Crippen LogP contribution in [0, 0.1) is 0 Å². The Morgan fingerprint density at radius 2 is 2.04 bits per heavy atom. The van der Waals surface area contributed by atoms with Gasteiger partial charge in [-0.05, 0) is 55.2 Å². The second-order valence-corrected chi connectivity index (χ2v) is 6.85. The van der Waals surface area contributed by atoms with E-state index < -0.39 is 0 Å². The van der Waals surface area contributed by atoms with Gasteiger partial charge in [-0.3, -0.25) is 4.79 Å². The number of rotatable bonds is 7. The molecule has 0 aromatic heterocycles. The van der Waals surface area contributed by atoms with Gasteiger partial charge in [0.05, 0.1) is 26.0 Å². The van der Waals surface area contributed by atoms with E-state index in [4.69, 9.17) is 9.47 Å². The quantitative estimate of drug-likeness (QED) is 0.591. The highest BCUT2D eigenvalue weighted by Crippen LogP contribution is 2.26. The fourth-order valence-electron chi connectivity index (χ4n) is 3.47. The first-order valence-electron chi connectivity index (χ1n) is 9.44. The molecular weight excluding hydrogens is 354 g/mol. The van der Waals surface area contributed by atoms with Crippen LogP contribution in [0.15, 0.2) is 47.6 Å². The van der Waals surface area contributed by atoms with Crippen LogP contribution in [0.1, 0.15) is 30.0 Å². The van der Waals surface area contributed by atoms with Gasteiger partial charge in [0.1, 0.15) is 5.75 Å². The summed E-state index contributed by atoms with van der Waals surface area (Å²) in [6.07, 6.45) is 2.12. The van der Waals surface area contributed by atoms with E-state index in [1.165, 1.54) is 5.56 Å². The molecule has 6 heteroatoms. The van der Waals surface area contributed by atoms with Crippen LogP contribution in [0.5, 0.6) is 5.75 Å². The fourth-order valence-corrected chi connectivity index (χ4v) is 3.47. The van der Waals surface area contributed by atoms with Gasteiger partial charge in [0.2, 0.25) is 0 Å². The molecule has 1 heterocycles. The summed E-state index contributed by atoms with van der Waals surface area (Å²) in [5.74, 6) is 0.646. The predicted molar refractivity (Wildman–Crippen MR) is 111 cm³/mol. The number of benzene rings is 2. The number of para-hydroxylation sites is 1. The maximum Gasteiger partial charge on any atom is 0.259 e. The molecule has 2 aromatic rings.